The van der Waals surface area contributed by atoms with Gasteiger partial charge in [-0.3, -0.25) is 9.59 Å². The maximum absolute atomic E-state index is 12.8. The molecule has 0 aromatic heterocycles. The van der Waals surface area contributed by atoms with Gasteiger partial charge in [0.2, 0.25) is 5.91 Å². The summed E-state index contributed by atoms with van der Waals surface area (Å²) in [4.78, 5) is 48.3. The van der Waals surface area contributed by atoms with Gasteiger partial charge in [-0.05, 0) is 49.8 Å². The standard InChI is InChI=1S/C23H31N3O7/c1-2-14-32-22(30)24-13-4-3-8-19(26-23(31)33-21(29)17-6-5-7-17)20(28)25-18-11-9-16(15-27)10-12-18/h2,9-12,17,19,27H,1,3-8,13-15H2,(H,24,30)(H,25,28)(H,26,31)/t19-/m0/s1. The first-order chi connectivity index (χ1) is 15.9. The molecule has 180 valence electrons. The van der Waals surface area contributed by atoms with Crippen molar-refractivity contribution >= 4 is 29.8 Å². The largest absolute Gasteiger partial charge is 0.445 e. The summed E-state index contributed by atoms with van der Waals surface area (Å²) >= 11 is 0. The first-order valence-corrected chi connectivity index (χ1v) is 11.0. The minimum Gasteiger partial charge on any atom is -0.445 e. The van der Waals surface area contributed by atoms with E-state index in [2.05, 4.69) is 22.5 Å². The second-order valence-electron chi connectivity index (χ2n) is 7.69. The van der Waals surface area contributed by atoms with Crippen LogP contribution in [0.25, 0.3) is 0 Å². The Hall–Kier alpha value is -3.40. The summed E-state index contributed by atoms with van der Waals surface area (Å²) in [6, 6.07) is 5.66. The molecule has 1 aliphatic carbocycles. The SMILES string of the molecule is C=CCOC(=O)NCCCC[C@H](NC(=O)OC(=O)C1CCC1)C(=O)Nc1ccc(CO)cc1. The van der Waals surface area contributed by atoms with Gasteiger partial charge in [0.1, 0.15) is 12.6 Å². The van der Waals surface area contributed by atoms with E-state index in [0.29, 0.717) is 43.5 Å². The molecule has 33 heavy (non-hydrogen) atoms. The highest BCUT2D eigenvalue weighted by atomic mass is 16.6. The Morgan fingerprint density at radius 1 is 1.12 bits per heavy atom. The Kier molecular flexibility index (Phi) is 10.9. The molecular formula is C23H31N3O7. The highest BCUT2D eigenvalue weighted by molar-refractivity contribution is 5.97. The minimum atomic E-state index is -0.964. The van der Waals surface area contributed by atoms with Crippen molar-refractivity contribution < 1.29 is 33.8 Å². The number of hydrogen-bond acceptors (Lipinski definition) is 7. The number of nitrogens with one attached hydrogen (secondary N) is 3. The van der Waals surface area contributed by atoms with E-state index < -0.39 is 30.1 Å². The Morgan fingerprint density at radius 2 is 1.85 bits per heavy atom. The predicted octanol–water partition coefficient (Wildman–Crippen LogP) is 2.62. The second kappa shape index (κ2) is 13.9. The van der Waals surface area contributed by atoms with Gasteiger partial charge < -0.3 is 30.5 Å². The van der Waals surface area contributed by atoms with Crippen LogP contribution in [0.3, 0.4) is 0 Å². The third kappa shape index (κ3) is 9.32. The van der Waals surface area contributed by atoms with Gasteiger partial charge in [-0.15, -0.1) is 0 Å². The maximum atomic E-state index is 12.8. The van der Waals surface area contributed by atoms with Crippen molar-refractivity contribution in [1.29, 1.82) is 0 Å². The number of carbonyl (C=O) groups excluding carboxylic acids is 4. The number of anilines is 1. The molecule has 1 aliphatic rings. The number of hydrogen-bond donors (Lipinski definition) is 4. The minimum absolute atomic E-state index is 0.110. The fourth-order valence-corrected chi connectivity index (χ4v) is 3.03. The molecule has 10 nitrogen and oxygen atoms in total. The van der Waals surface area contributed by atoms with Crippen molar-refractivity contribution in [2.45, 2.75) is 51.2 Å². The van der Waals surface area contributed by atoms with Gasteiger partial charge in [0.15, 0.2) is 0 Å². The van der Waals surface area contributed by atoms with E-state index >= 15 is 0 Å². The first kappa shape index (κ1) is 25.9. The Labute approximate surface area is 192 Å². The van der Waals surface area contributed by atoms with Gasteiger partial charge in [0.05, 0.1) is 12.5 Å². The summed E-state index contributed by atoms with van der Waals surface area (Å²) in [7, 11) is 0. The number of unbranched alkanes of at least 4 members (excludes halogenated alkanes) is 1. The molecule has 10 heteroatoms. The zero-order valence-electron chi connectivity index (χ0n) is 18.5. The number of aliphatic hydroxyl groups is 1. The lowest BCUT2D eigenvalue weighted by Crippen LogP contribution is -2.45. The zero-order chi connectivity index (χ0) is 24.1. The average molecular weight is 462 g/mol. The highest BCUT2D eigenvalue weighted by Gasteiger charge is 2.30. The summed E-state index contributed by atoms with van der Waals surface area (Å²) in [5.74, 6) is -1.32. The van der Waals surface area contributed by atoms with Crippen molar-refractivity contribution in [2.75, 3.05) is 18.5 Å². The molecule has 0 unspecified atom stereocenters. The number of ether oxygens (including phenoxy) is 2. The van der Waals surface area contributed by atoms with Gasteiger partial charge in [-0.1, -0.05) is 31.2 Å². The van der Waals surface area contributed by atoms with Crippen LogP contribution in [-0.2, 0) is 25.7 Å². The monoisotopic (exact) mass is 461 g/mol. The van der Waals surface area contributed by atoms with Crippen LogP contribution in [0.15, 0.2) is 36.9 Å². The summed E-state index contributed by atoms with van der Waals surface area (Å²) in [6.07, 6.45) is 3.55. The van der Waals surface area contributed by atoms with Crippen LogP contribution in [0, 0.1) is 5.92 Å². The van der Waals surface area contributed by atoms with Crippen LogP contribution in [0.1, 0.15) is 44.1 Å². The molecule has 0 spiro atoms. The molecule has 4 N–H and O–H groups in total. The molecule has 1 aromatic carbocycles. The molecule has 1 fully saturated rings. The lowest BCUT2D eigenvalue weighted by Gasteiger charge is -2.23. The van der Waals surface area contributed by atoms with Crippen LogP contribution < -0.4 is 16.0 Å². The zero-order valence-corrected chi connectivity index (χ0v) is 18.5. The van der Waals surface area contributed by atoms with Crippen molar-refractivity contribution in [3.8, 4) is 0 Å². The molecule has 2 rings (SSSR count). The van der Waals surface area contributed by atoms with Crippen LogP contribution in [0.4, 0.5) is 15.3 Å². The third-order valence-corrected chi connectivity index (χ3v) is 5.17. The Bertz CT molecular complexity index is 822. The smallest absolute Gasteiger partial charge is 0.415 e. The number of alkyl carbamates (subject to hydrolysis) is 2. The molecule has 1 aromatic rings. The van der Waals surface area contributed by atoms with Crippen LogP contribution in [-0.4, -0.2) is 48.4 Å². The fourth-order valence-electron chi connectivity index (χ4n) is 3.03. The van der Waals surface area contributed by atoms with Gasteiger partial charge in [-0.25, -0.2) is 9.59 Å². The number of amides is 3. The van der Waals surface area contributed by atoms with E-state index in [1.54, 1.807) is 24.3 Å². The van der Waals surface area contributed by atoms with E-state index in [1.807, 2.05) is 0 Å². The van der Waals surface area contributed by atoms with Crippen LogP contribution in [0.2, 0.25) is 0 Å². The van der Waals surface area contributed by atoms with Crippen molar-refractivity contribution in [2.24, 2.45) is 5.92 Å². The van der Waals surface area contributed by atoms with E-state index in [9.17, 15) is 19.2 Å². The van der Waals surface area contributed by atoms with E-state index in [-0.39, 0.29) is 25.6 Å². The number of esters is 1. The summed E-state index contributed by atoms with van der Waals surface area (Å²) in [5, 5.41) is 16.9. The lowest BCUT2D eigenvalue weighted by atomic mass is 9.86. The molecule has 0 radical (unpaired) electrons. The highest BCUT2D eigenvalue weighted by Crippen LogP contribution is 2.27. The van der Waals surface area contributed by atoms with Gasteiger partial charge in [0.25, 0.3) is 0 Å². The van der Waals surface area contributed by atoms with Crippen molar-refractivity contribution in [3.63, 3.8) is 0 Å². The maximum Gasteiger partial charge on any atom is 0.415 e. The second-order valence-corrected chi connectivity index (χ2v) is 7.69. The van der Waals surface area contributed by atoms with Crippen LogP contribution >= 0.6 is 0 Å². The number of aliphatic hydroxyl groups excluding tert-OH is 1. The number of rotatable bonds is 12. The number of benzene rings is 1. The molecule has 0 saturated heterocycles. The summed E-state index contributed by atoms with van der Waals surface area (Å²) in [5.41, 5.74) is 1.19. The van der Waals surface area contributed by atoms with Gasteiger partial charge in [-0.2, -0.15) is 0 Å². The fraction of sp³-hybridized carbons (Fsp3) is 0.478. The third-order valence-electron chi connectivity index (χ3n) is 5.17. The first-order valence-electron chi connectivity index (χ1n) is 11.0. The predicted molar refractivity (Wildman–Crippen MR) is 120 cm³/mol. The molecule has 1 atom stereocenters. The van der Waals surface area contributed by atoms with E-state index in [1.165, 1.54) is 6.08 Å². The Balaban J connectivity index is 1.87. The molecule has 0 heterocycles. The molecule has 1 saturated carbocycles. The van der Waals surface area contributed by atoms with E-state index in [0.717, 1.165) is 6.42 Å². The molecule has 0 aliphatic heterocycles. The van der Waals surface area contributed by atoms with Crippen molar-refractivity contribution in [1.82, 2.24) is 10.6 Å². The summed E-state index contributed by atoms with van der Waals surface area (Å²) < 4.78 is 9.64. The lowest BCUT2D eigenvalue weighted by molar-refractivity contribution is -0.145. The quantitative estimate of drug-likeness (QED) is 0.162. The molecule has 0 bridgehead atoms. The Morgan fingerprint density at radius 3 is 2.45 bits per heavy atom. The average Bonchev–Trinajstić information content (AvgIpc) is 2.75. The van der Waals surface area contributed by atoms with Crippen LogP contribution in [0.5, 0.6) is 0 Å². The molecular weight excluding hydrogens is 430 g/mol. The van der Waals surface area contributed by atoms with Gasteiger partial charge in [0, 0.05) is 12.2 Å². The van der Waals surface area contributed by atoms with Crippen molar-refractivity contribution in [3.05, 3.63) is 42.5 Å². The normalized spacial score (nSPS) is 13.7. The summed E-state index contributed by atoms with van der Waals surface area (Å²) in [6.45, 7) is 3.78. The van der Waals surface area contributed by atoms with Gasteiger partial charge >= 0.3 is 18.2 Å². The van der Waals surface area contributed by atoms with E-state index in [4.69, 9.17) is 14.6 Å². The molecule has 3 amide bonds. The topological polar surface area (TPSA) is 143 Å². The number of carbonyl (C=O) groups is 4.